The number of halogens is 1. The number of carbonyl (C=O) groups excluding carboxylic acids is 1. The molecule has 152 valence electrons. The van der Waals surface area contributed by atoms with E-state index in [1.807, 2.05) is 0 Å². The molecule has 0 amide bonds. The van der Waals surface area contributed by atoms with Gasteiger partial charge in [-0.3, -0.25) is 4.72 Å². The molecule has 10 heteroatoms. The molecule has 1 heterocycles. The summed E-state index contributed by atoms with van der Waals surface area (Å²) >= 11 is 6.09. The molecular weight excluding hydrogens is 418 g/mol. The zero-order chi connectivity index (χ0) is 20.9. The Morgan fingerprint density at radius 3 is 2.76 bits per heavy atom. The number of rotatable bonds is 8. The first-order valence-corrected chi connectivity index (χ1v) is 10.8. The fourth-order valence-electron chi connectivity index (χ4n) is 2.48. The van der Waals surface area contributed by atoms with Crippen molar-refractivity contribution in [2.75, 3.05) is 10.5 Å². The van der Waals surface area contributed by atoms with Gasteiger partial charge in [-0.1, -0.05) is 41.9 Å². The monoisotopic (exact) mass is 435 g/mol. The quantitative estimate of drug-likeness (QED) is 0.534. The van der Waals surface area contributed by atoms with Crippen LogP contribution in [-0.2, 0) is 21.4 Å². The molecule has 0 saturated carbocycles. The molecule has 0 aliphatic carbocycles. The Kier molecular flexibility index (Phi) is 6.50. The van der Waals surface area contributed by atoms with Crippen LogP contribution < -0.4 is 4.72 Å². The van der Waals surface area contributed by atoms with E-state index in [9.17, 15) is 13.2 Å². The van der Waals surface area contributed by atoms with Crippen LogP contribution in [0.4, 0.5) is 5.69 Å². The lowest BCUT2D eigenvalue weighted by atomic mass is 10.2. The fraction of sp³-hybridized carbons (Fsp3) is 0.211. The molecule has 1 aromatic heterocycles. The van der Waals surface area contributed by atoms with Gasteiger partial charge in [-0.15, -0.1) is 0 Å². The Hall–Kier alpha value is -2.91. The average Bonchev–Trinajstić information content (AvgIpc) is 3.15. The maximum Gasteiger partial charge on any atom is 0.338 e. The molecule has 0 fully saturated rings. The molecule has 0 unspecified atom stereocenters. The van der Waals surface area contributed by atoms with Gasteiger partial charge in [0.2, 0.25) is 15.8 Å². The fourth-order valence-corrected chi connectivity index (χ4v) is 3.82. The first-order valence-electron chi connectivity index (χ1n) is 8.73. The second kappa shape index (κ2) is 9.06. The second-order valence-electron chi connectivity index (χ2n) is 6.07. The Bertz CT molecular complexity index is 1110. The Balaban J connectivity index is 1.64. The molecule has 3 rings (SSSR count). The third kappa shape index (κ3) is 5.55. The molecular formula is C19H18ClN3O5S. The zero-order valence-electron chi connectivity index (χ0n) is 15.5. The molecule has 8 nitrogen and oxygen atoms in total. The Labute approximate surface area is 172 Å². The Morgan fingerprint density at radius 1 is 1.21 bits per heavy atom. The van der Waals surface area contributed by atoms with Crippen LogP contribution in [0.3, 0.4) is 0 Å². The normalized spacial score (nSPS) is 11.2. The largest absolute Gasteiger partial charge is 0.454 e. The van der Waals surface area contributed by atoms with Crippen molar-refractivity contribution in [1.29, 1.82) is 0 Å². The van der Waals surface area contributed by atoms with E-state index in [1.165, 1.54) is 12.1 Å². The van der Waals surface area contributed by atoms with Gasteiger partial charge in [0.15, 0.2) is 6.61 Å². The summed E-state index contributed by atoms with van der Waals surface area (Å²) in [5.74, 6) is -0.263. The predicted molar refractivity (Wildman–Crippen MR) is 108 cm³/mol. The Morgan fingerprint density at radius 2 is 2.00 bits per heavy atom. The number of carbonyl (C=O) groups is 1. The van der Waals surface area contributed by atoms with Crippen LogP contribution >= 0.6 is 11.6 Å². The number of anilines is 1. The van der Waals surface area contributed by atoms with E-state index in [0.717, 1.165) is 0 Å². The standard InChI is InChI=1S/C19H18ClN3O5S/c1-2-10-29(25,26)23-14-7-5-6-13(11-14)19(24)27-12-17-21-18(28-22-17)15-8-3-4-9-16(15)20/h3-9,11,23H,2,10,12H2,1H3. The average molecular weight is 436 g/mol. The number of nitrogens with one attached hydrogen (secondary N) is 1. The lowest BCUT2D eigenvalue weighted by Crippen LogP contribution is -2.16. The summed E-state index contributed by atoms with van der Waals surface area (Å²) in [4.78, 5) is 16.4. The van der Waals surface area contributed by atoms with Crippen molar-refractivity contribution in [3.63, 3.8) is 0 Å². The van der Waals surface area contributed by atoms with Crippen LogP contribution in [0.15, 0.2) is 53.1 Å². The highest BCUT2D eigenvalue weighted by atomic mass is 35.5. The van der Waals surface area contributed by atoms with Crippen molar-refractivity contribution >= 4 is 33.3 Å². The summed E-state index contributed by atoms with van der Waals surface area (Å²) in [5, 5.41) is 4.23. The number of esters is 1. The van der Waals surface area contributed by atoms with Crippen molar-refractivity contribution < 1.29 is 22.5 Å². The van der Waals surface area contributed by atoms with E-state index in [0.29, 0.717) is 17.0 Å². The number of benzene rings is 2. The van der Waals surface area contributed by atoms with Crippen LogP contribution in [0, 0.1) is 0 Å². The van der Waals surface area contributed by atoms with E-state index in [2.05, 4.69) is 14.9 Å². The number of aromatic nitrogens is 2. The topological polar surface area (TPSA) is 111 Å². The van der Waals surface area contributed by atoms with Crippen molar-refractivity contribution in [3.05, 3.63) is 64.9 Å². The molecule has 1 N–H and O–H groups in total. The SMILES string of the molecule is CCCS(=O)(=O)Nc1cccc(C(=O)OCc2noc(-c3ccccc3Cl)n2)c1. The van der Waals surface area contributed by atoms with E-state index in [4.69, 9.17) is 20.9 Å². The molecule has 2 aromatic carbocycles. The van der Waals surface area contributed by atoms with Gasteiger partial charge in [0, 0.05) is 5.69 Å². The van der Waals surface area contributed by atoms with Crippen LogP contribution in [0.5, 0.6) is 0 Å². The summed E-state index contributed by atoms with van der Waals surface area (Å²) < 4.78 is 36.5. The minimum atomic E-state index is -3.45. The molecule has 0 atom stereocenters. The van der Waals surface area contributed by atoms with Gasteiger partial charge in [-0.2, -0.15) is 4.98 Å². The number of hydrogen-bond donors (Lipinski definition) is 1. The minimum absolute atomic E-state index is 0.00668. The molecule has 0 bridgehead atoms. The molecule has 0 spiro atoms. The van der Waals surface area contributed by atoms with Crippen molar-refractivity contribution in [2.45, 2.75) is 20.0 Å². The summed E-state index contributed by atoms with van der Waals surface area (Å²) in [6.07, 6.45) is 0.484. The second-order valence-corrected chi connectivity index (χ2v) is 8.32. The molecule has 0 aliphatic rings. The van der Waals surface area contributed by atoms with E-state index in [-0.39, 0.29) is 35.3 Å². The summed E-state index contributed by atoms with van der Waals surface area (Å²) in [6, 6.07) is 13.0. The number of hydrogen-bond acceptors (Lipinski definition) is 7. The first kappa shape index (κ1) is 20.8. The lowest BCUT2D eigenvalue weighted by molar-refractivity contribution is 0.0459. The summed E-state index contributed by atoms with van der Waals surface area (Å²) in [6.45, 7) is 1.56. The molecule has 0 saturated heterocycles. The van der Waals surface area contributed by atoms with Gasteiger partial charge in [0.1, 0.15) is 0 Å². The van der Waals surface area contributed by atoms with Gasteiger partial charge in [-0.25, -0.2) is 13.2 Å². The van der Waals surface area contributed by atoms with E-state index in [1.54, 1.807) is 43.3 Å². The molecule has 0 aliphatic heterocycles. The highest BCUT2D eigenvalue weighted by molar-refractivity contribution is 7.92. The van der Waals surface area contributed by atoms with E-state index < -0.39 is 16.0 Å². The van der Waals surface area contributed by atoms with Gasteiger partial charge in [0.05, 0.1) is 21.9 Å². The van der Waals surface area contributed by atoms with Gasteiger partial charge < -0.3 is 9.26 Å². The van der Waals surface area contributed by atoms with Crippen LogP contribution in [0.25, 0.3) is 11.5 Å². The number of nitrogens with zero attached hydrogens (tertiary/aromatic N) is 2. The first-order chi connectivity index (χ1) is 13.9. The van der Waals surface area contributed by atoms with Crippen LogP contribution in [0.2, 0.25) is 5.02 Å². The van der Waals surface area contributed by atoms with E-state index >= 15 is 0 Å². The highest BCUT2D eigenvalue weighted by Crippen LogP contribution is 2.26. The minimum Gasteiger partial charge on any atom is -0.454 e. The maximum atomic E-state index is 12.3. The molecule has 0 radical (unpaired) electrons. The third-order valence-electron chi connectivity index (χ3n) is 3.75. The van der Waals surface area contributed by atoms with Gasteiger partial charge >= 0.3 is 5.97 Å². The van der Waals surface area contributed by atoms with Crippen molar-refractivity contribution in [2.24, 2.45) is 0 Å². The van der Waals surface area contributed by atoms with Crippen LogP contribution in [-0.4, -0.2) is 30.3 Å². The van der Waals surface area contributed by atoms with Gasteiger partial charge in [0.25, 0.3) is 5.89 Å². The maximum absolute atomic E-state index is 12.3. The van der Waals surface area contributed by atoms with Crippen LogP contribution in [0.1, 0.15) is 29.5 Å². The number of ether oxygens (including phenoxy) is 1. The smallest absolute Gasteiger partial charge is 0.338 e. The lowest BCUT2D eigenvalue weighted by Gasteiger charge is -2.08. The number of sulfonamides is 1. The zero-order valence-corrected chi connectivity index (χ0v) is 17.0. The summed E-state index contributed by atoms with van der Waals surface area (Å²) in [7, 11) is -3.45. The highest BCUT2D eigenvalue weighted by Gasteiger charge is 2.15. The predicted octanol–water partition coefficient (Wildman–Crippen LogP) is 3.90. The van der Waals surface area contributed by atoms with Crippen molar-refractivity contribution in [3.8, 4) is 11.5 Å². The van der Waals surface area contributed by atoms with Gasteiger partial charge in [-0.05, 0) is 36.8 Å². The summed E-state index contributed by atoms with van der Waals surface area (Å²) in [5.41, 5.74) is 1.05. The molecule has 3 aromatic rings. The van der Waals surface area contributed by atoms with Crippen molar-refractivity contribution in [1.82, 2.24) is 10.1 Å². The third-order valence-corrected chi connectivity index (χ3v) is 5.57. The molecule has 29 heavy (non-hydrogen) atoms.